The molecule has 0 aliphatic carbocycles. The summed E-state index contributed by atoms with van der Waals surface area (Å²) in [5.74, 6) is 1.67. The fourth-order valence-electron chi connectivity index (χ4n) is 1.59. The van der Waals surface area contributed by atoms with Crippen LogP contribution in [0.15, 0.2) is 9.80 Å². The van der Waals surface area contributed by atoms with E-state index in [1.54, 1.807) is 11.3 Å². The van der Waals surface area contributed by atoms with E-state index in [1.807, 2.05) is 0 Å². The Bertz CT molecular complexity index is 518. The highest BCUT2D eigenvalue weighted by atomic mass is 32.1. The maximum atomic E-state index is 5.51. The highest BCUT2D eigenvalue weighted by molar-refractivity contribution is 7.09. The first-order chi connectivity index (χ1) is 9.04. The van der Waals surface area contributed by atoms with E-state index < -0.39 is 0 Å². The second-order valence-electron chi connectivity index (χ2n) is 5.28. The number of hydrogen-bond acceptors (Lipinski definition) is 6. The van der Waals surface area contributed by atoms with Crippen molar-refractivity contribution < 1.29 is 4.42 Å². The van der Waals surface area contributed by atoms with Crippen molar-refractivity contribution in [1.82, 2.24) is 15.2 Å². The molecule has 104 valence electrons. The number of nitrogens with zero attached hydrogens (tertiary/aromatic N) is 3. The number of nitrogens with one attached hydrogen (secondary N) is 1. The van der Waals surface area contributed by atoms with Gasteiger partial charge in [0.05, 0.1) is 17.2 Å². The zero-order valence-corrected chi connectivity index (χ0v) is 12.6. The smallest absolute Gasteiger partial charge is 0.315 e. The number of thiazole rings is 1. The first-order valence-electron chi connectivity index (χ1n) is 6.55. The SMILES string of the molecule is CC(C)Cc1nnc(NCc2csc(C(C)C)n2)o1. The number of hydrogen-bond donors (Lipinski definition) is 1. The molecule has 0 aliphatic rings. The van der Waals surface area contributed by atoms with Gasteiger partial charge < -0.3 is 9.73 Å². The summed E-state index contributed by atoms with van der Waals surface area (Å²) in [7, 11) is 0. The van der Waals surface area contributed by atoms with Gasteiger partial charge in [0.25, 0.3) is 0 Å². The largest absolute Gasteiger partial charge is 0.408 e. The molecule has 2 aromatic rings. The molecule has 0 spiro atoms. The second-order valence-corrected chi connectivity index (χ2v) is 6.17. The van der Waals surface area contributed by atoms with E-state index >= 15 is 0 Å². The van der Waals surface area contributed by atoms with Gasteiger partial charge in [0.1, 0.15) is 0 Å². The molecule has 0 aromatic carbocycles. The summed E-state index contributed by atoms with van der Waals surface area (Å²) in [4.78, 5) is 4.55. The maximum absolute atomic E-state index is 5.51. The Balaban J connectivity index is 1.89. The van der Waals surface area contributed by atoms with Crippen molar-refractivity contribution in [3.8, 4) is 0 Å². The van der Waals surface area contributed by atoms with E-state index in [4.69, 9.17) is 4.42 Å². The summed E-state index contributed by atoms with van der Waals surface area (Å²) < 4.78 is 5.51. The summed E-state index contributed by atoms with van der Waals surface area (Å²) in [5, 5.41) is 14.3. The summed E-state index contributed by atoms with van der Waals surface area (Å²) in [5.41, 5.74) is 1.01. The molecule has 0 atom stereocenters. The molecule has 5 nitrogen and oxygen atoms in total. The maximum Gasteiger partial charge on any atom is 0.315 e. The summed E-state index contributed by atoms with van der Waals surface area (Å²) in [6.07, 6.45) is 0.808. The Morgan fingerprint density at radius 3 is 2.68 bits per heavy atom. The summed E-state index contributed by atoms with van der Waals surface area (Å²) in [6, 6.07) is 0.467. The molecule has 0 unspecified atom stereocenters. The molecule has 2 heterocycles. The molecule has 0 bridgehead atoms. The minimum absolute atomic E-state index is 0.467. The standard InChI is InChI=1S/C13H20N4OS/c1-8(2)5-11-16-17-13(18-11)14-6-10-7-19-12(15-10)9(3)4/h7-9H,5-6H2,1-4H3,(H,14,17). The van der Waals surface area contributed by atoms with E-state index in [1.165, 1.54) is 0 Å². The van der Waals surface area contributed by atoms with Crippen molar-refractivity contribution in [3.05, 3.63) is 22.0 Å². The predicted molar refractivity (Wildman–Crippen MR) is 76.4 cm³/mol. The van der Waals surface area contributed by atoms with Gasteiger partial charge >= 0.3 is 6.01 Å². The van der Waals surface area contributed by atoms with Crippen molar-refractivity contribution >= 4 is 17.4 Å². The van der Waals surface area contributed by atoms with Gasteiger partial charge in [0, 0.05) is 17.7 Å². The van der Waals surface area contributed by atoms with Gasteiger partial charge in [-0.25, -0.2) is 4.98 Å². The third-order valence-electron chi connectivity index (χ3n) is 2.53. The molecule has 6 heteroatoms. The Morgan fingerprint density at radius 2 is 2.05 bits per heavy atom. The van der Waals surface area contributed by atoms with Crippen molar-refractivity contribution in [2.24, 2.45) is 5.92 Å². The van der Waals surface area contributed by atoms with Gasteiger partial charge in [0.15, 0.2) is 0 Å². The van der Waals surface area contributed by atoms with E-state index in [0.29, 0.717) is 30.3 Å². The minimum Gasteiger partial charge on any atom is -0.408 e. The fraction of sp³-hybridized carbons (Fsp3) is 0.615. The van der Waals surface area contributed by atoms with Crippen LogP contribution in [0.2, 0.25) is 0 Å². The lowest BCUT2D eigenvalue weighted by Gasteiger charge is -1.99. The van der Waals surface area contributed by atoms with Crippen molar-refractivity contribution in [2.45, 2.75) is 46.6 Å². The fourth-order valence-corrected chi connectivity index (χ4v) is 2.43. The minimum atomic E-state index is 0.467. The molecule has 0 radical (unpaired) electrons. The Labute approximate surface area is 117 Å². The third-order valence-corrected chi connectivity index (χ3v) is 3.73. The monoisotopic (exact) mass is 280 g/mol. The van der Waals surface area contributed by atoms with Gasteiger partial charge in [-0.2, -0.15) is 0 Å². The van der Waals surface area contributed by atoms with Gasteiger partial charge in [-0.3, -0.25) is 0 Å². The Morgan fingerprint density at radius 1 is 1.26 bits per heavy atom. The molecule has 19 heavy (non-hydrogen) atoms. The highest BCUT2D eigenvalue weighted by Gasteiger charge is 2.09. The lowest BCUT2D eigenvalue weighted by Crippen LogP contribution is -2.00. The van der Waals surface area contributed by atoms with Crippen LogP contribution in [0.4, 0.5) is 6.01 Å². The molecule has 0 saturated carbocycles. The Hall–Kier alpha value is -1.43. The molecular weight excluding hydrogens is 260 g/mol. The van der Waals surface area contributed by atoms with Gasteiger partial charge in [-0.05, 0) is 5.92 Å². The molecule has 0 aliphatic heterocycles. The van der Waals surface area contributed by atoms with Gasteiger partial charge in [-0.1, -0.05) is 32.8 Å². The summed E-state index contributed by atoms with van der Waals surface area (Å²) >= 11 is 1.69. The van der Waals surface area contributed by atoms with Crippen LogP contribution in [0.5, 0.6) is 0 Å². The van der Waals surface area contributed by atoms with Crippen molar-refractivity contribution in [3.63, 3.8) is 0 Å². The van der Waals surface area contributed by atoms with Crippen LogP contribution in [0, 0.1) is 5.92 Å². The first kappa shape index (κ1) is 14.0. The predicted octanol–water partition coefficient (Wildman–Crippen LogP) is 3.46. The lowest BCUT2D eigenvalue weighted by molar-refractivity contribution is 0.465. The normalized spacial score (nSPS) is 11.5. The van der Waals surface area contributed by atoms with Crippen LogP contribution in [0.25, 0.3) is 0 Å². The van der Waals surface area contributed by atoms with Crippen LogP contribution in [-0.4, -0.2) is 15.2 Å². The van der Waals surface area contributed by atoms with Gasteiger partial charge in [0.2, 0.25) is 5.89 Å². The van der Waals surface area contributed by atoms with E-state index in [9.17, 15) is 0 Å². The number of rotatable bonds is 6. The molecule has 0 amide bonds. The van der Waals surface area contributed by atoms with Crippen LogP contribution < -0.4 is 5.32 Å². The van der Waals surface area contributed by atoms with Crippen molar-refractivity contribution in [2.75, 3.05) is 5.32 Å². The molecule has 2 aromatic heterocycles. The Kier molecular flexibility index (Phi) is 4.52. The molecular formula is C13H20N4OS. The first-order valence-corrected chi connectivity index (χ1v) is 7.43. The van der Waals surface area contributed by atoms with Crippen LogP contribution in [0.1, 0.15) is 50.2 Å². The zero-order chi connectivity index (χ0) is 13.8. The van der Waals surface area contributed by atoms with Crippen LogP contribution in [-0.2, 0) is 13.0 Å². The number of anilines is 1. The van der Waals surface area contributed by atoms with Crippen molar-refractivity contribution in [1.29, 1.82) is 0 Å². The van der Waals surface area contributed by atoms with Gasteiger partial charge in [-0.15, -0.1) is 16.4 Å². The average Bonchev–Trinajstić information content (AvgIpc) is 2.94. The van der Waals surface area contributed by atoms with Crippen LogP contribution in [0.3, 0.4) is 0 Å². The quantitative estimate of drug-likeness (QED) is 0.878. The molecule has 0 saturated heterocycles. The van der Waals surface area contributed by atoms with Crippen LogP contribution >= 0.6 is 11.3 Å². The second kappa shape index (κ2) is 6.14. The van der Waals surface area contributed by atoms with E-state index in [0.717, 1.165) is 17.1 Å². The summed E-state index contributed by atoms with van der Waals surface area (Å²) in [6.45, 7) is 9.16. The molecule has 2 rings (SSSR count). The topological polar surface area (TPSA) is 63.8 Å². The zero-order valence-electron chi connectivity index (χ0n) is 11.8. The highest BCUT2D eigenvalue weighted by Crippen LogP contribution is 2.19. The van der Waals surface area contributed by atoms with E-state index in [-0.39, 0.29) is 0 Å². The molecule has 1 N–H and O–H groups in total. The third kappa shape index (κ3) is 4.02. The van der Waals surface area contributed by atoms with E-state index in [2.05, 4.69) is 53.6 Å². The number of aromatic nitrogens is 3. The average molecular weight is 280 g/mol. The lowest BCUT2D eigenvalue weighted by atomic mass is 10.1. The molecule has 0 fully saturated rings.